The first-order valence-electron chi connectivity index (χ1n) is 12.6. The van der Waals surface area contributed by atoms with Crippen molar-refractivity contribution in [3.63, 3.8) is 0 Å². The molecule has 0 spiro atoms. The fourth-order valence-corrected chi connectivity index (χ4v) is 8.97. The van der Waals surface area contributed by atoms with Gasteiger partial charge < -0.3 is 15.8 Å². The summed E-state index contributed by atoms with van der Waals surface area (Å²) in [6.07, 6.45) is 6.94. The molecular formula is C28H32N2O3S. The number of benzene rings is 1. The number of ketones is 1. The Morgan fingerprint density at radius 3 is 2.29 bits per heavy atom. The van der Waals surface area contributed by atoms with Gasteiger partial charge in [0, 0.05) is 22.6 Å². The summed E-state index contributed by atoms with van der Waals surface area (Å²) in [5.74, 6) is 1.63. The van der Waals surface area contributed by atoms with E-state index in [1.165, 1.54) is 30.6 Å². The van der Waals surface area contributed by atoms with E-state index < -0.39 is 0 Å². The molecule has 0 radical (unpaired) electrons. The number of hydrogen-bond donors (Lipinski definition) is 2. The maximum absolute atomic E-state index is 14.2. The molecule has 34 heavy (non-hydrogen) atoms. The van der Waals surface area contributed by atoms with Crippen LogP contribution in [0.2, 0.25) is 0 Å². The van der Waals surface area contributed by atoms with Crippen molar-refractivity contribution in [1.82, 2.24) is 0 Å². The highest BCUT2D eigenvalue weighted by atomic mass is 32.1. The SMILES string of the molecule is CCOC(=O)C1=C(C)Nc2sc(C(=O)C34CC5CC(CC(C5)C3)C4)c(N)c2C1c1ccccc1. The van der Waals surface area contributed by atoms with Gasteiger partial charge in [-0.3, -0.25) is 4.79 Å². The molecule has 6 heteroatoms. The van der Waals surface area contributed by atoms with Gasteiger partial charge in [-0.25, -0.2) is 4.79 Å². The van der Waals surface area contributed by atoms with E-state index >= 15 is 0 Å². The Kier molecular flexibility index (Phi) is 5.14. The van der Waals surface area contributed by atoms with Crippen molar-refractivity contribution in [3.05, 3.63) is 57.6 Å². The zero-order chi connectivity index (χ0) is 23.6. The van der Waals surface area contributed by atoms with Crippen LogP contribution in [0.5, 0.6) is 0 Å². The molecule has 4 bridgehead atoms. The minimum absolute atomic E-state index is 0.243. The predicted molar refractivity (Wildman–Crippen MR) is 135 cm³/mol. The minimum atomic E-state index is -0.356. The summed E-state index contributed by atoms with van der Waals surface area (Å²) >= 11 is 1.48. The fraction of sp³-hybridized carbons (Fsp3) is 0.500. The van der Waals surface area contributed by atoms with Gasteiger partial charge in [-0.05, 0) is 75.7 Å². The van der Waals surface area contributed by atoms with Gasteiger partial charge in [0.05, 0.1) is 27.7 Å². The average molecular weight is 477 g/mol. The Bertz CT molecular complexity index is 1160. The molecule has 1 aliphatic heterocycles. The molecule has 3 N–H and O–H groups in total. The maximum atomic E-state index is 14.2. The molecule has 5 aliphatic rings. The predicted octanol–water partition coefficient (Wildman–Crippen LogP) is 6.12. The molecule has 7 rings (SSSR count). The minimum Gasteiger partial charge on any atom is -0.463 e. The van der Waals surface area contributed by atoms with Crippen LogP contribution in [0, 0.1) is 23.2 Å². The summed E-state index contributed by atoms with van der Waals surface area (Å²) in [5.41, 5.74) is 10.3. The number of anilines is 2. The number of hydrogen-bond acceptors (Lipinski definition) is 6. The summed E-state index contributed by atoms with van der Waals surface area (Å²) in [4.78, 5) is 27.9. The molecule has 1 unspecified atom stereocenters. The van der Waals surface area contributed by atoms with E-state index in [2.05, 4.69) is 5.32 Å². The van der Waals surface area contributed by atoms with Gasteiger partial charge in [0.15, 0.2) is 5.78 Å². The topological polar surface area (TPSA) is 81.4 Å². The molecule has 4 fully saturated rings. The molecule has 0 amide bonds. The number of Topliss-reactive ketones (excluding diaryl/α,β-unsaturated/α-hetero) is 1. The zero-order valence-electron chi connectivity index (χ0n) is 19.9. The van der Waals surface area contributed by atoms with Crippen LogP contribution in [0.4, 0.5) is 10.7 Å². The molecule has 5 nitrogen and oxygen atoms in total. The number of nitrogens with one attached hydrogen (secondary N) is 1. The van der Waals surface area contributed by atoms with Crippen molar-refractivity contribution in [3.8, 4) is 0 Å². The average Bonchev–Trinajstić information content (AvgIpc) is 3.13. The van der Waals surface area contributed by atoms with Crippen LogP contribution in [-0.2, 0) is 9.53 Å². The highest BCUT2D eigenvalue weighted by molar-refractivity contribution is 7.19. The van der Waals surface area contributed by atoms with Gasteiger partial charge >= 0.3 is 5.97 Å². The number of rotatable bonds is 5. The van der Waals surface area contributed by atoms with Crippen molar-refractivity contribution < 1.29 is 14.3 Å². The lowest BCUT2D eigenvalue weighted by Gasteiger charge is -2.55. The van der Waals surface area contributed by atoms with Crippen LogP contribution in [0.15, 0.2) is 41.6 Å². The second-order valence-corrected chi connectivity index (χ2v) is 11.9. The molecule has 1 atom stereocenters. The van der Waals surface area contributed by atoms with E-state index in [-0.39, 0.29) is 23.1 Å². The van der Waals surface area contributed by atoms with E-state index in [1.807, 2.05) is 44.2 Å². The van der Waals surface area contributed by atoms with Crippen LogP contribution in [0.1, 0.15) is 79.1 Å². The normalized spacial score (nSPS) is 31.2. The monoisotopic (exact) mass is 476 g/mol. The number of fused-ring (bicyclic) bond motifs is 1. The molecule has 0 saturated heterocycles. The Hall–Kier alpha value is -2.60. The number of carbonyl (C=O) groups excluding carboxylic acids is 2. The zero-order valence-corrected chi connectivity index (χ0v) is 20.7. The van der Waals surface area contributed by atoms with Crippen molar-refractivity contribution >= 4 is 33.8 Å². The molecular weight excluding hydrogens is 444 g/mol. The fourth-order valence-electron chi connectivity index (χ4n) is 7.69. The Morgan fingerprint density at radius 2 is 1.71 bits per heavy atom. The van der Waals surface area contributed by atoms with Crippen molar-refractivity contribution in [1.29, 1.82) is 0 Å². The number of esters is 1. The second-order valence-electron chi connectivity index (χ2n) is 10.8. The number of nitrogen functional groups attached to an aromatic ring is 1. The molecule has 178 valence electrons. The summed E-state index contributed by atoms with van der Waals surface area (Å²) in [6.45, 7) is 4.02. The Balaban J connectivity index is 1.45. The molecule has 2 aromatic rings. The van der Waals surface area contributed by atoms with Gasteiger partial charge in [-0.15, -0.1) is 11.3 Å². The lowest BCUT2D eigenvalue weighted by Crippen LogP contribution is -2.50. The maximum Gasteiger partial charge on any atom is 0.336 e. The first kappa shape index (κ1) is 21.9. The Morgan fingerprint density at radius 1 is 1.09 bits per heavy atom. The lowest BCUT2D eigenvalue weighted by molar-refractivity contribution is -0.138. The highest BCUT2D eigenvalue weighted by Gasteiger charge is 2.55. The summed E-state index contributed by atoms with van der Waals surface area (Å²) in [7, 11) is 0. The summed E-state index contributed by atoms with van der Waals surface area (Å²) < 4.78 is 5.44. The van der Waals surface area contributed by atoms with E-state index in [9.17, 15) is 9.59 Å². The van der Waals surface area contributed by atoms with Gasteiger partial charge in [-0.2, -0.15) is 0 Å². The van der Waals surface area contributed by atoms with Crippen LogP contribution in [0.3, 0.4) is 0 Å². The standard InChI is InChI=1S/C28H32N2O3S/c1-3-33-27(32)20-15(2)30-26-22(21(20)19-7-5-4-6-8-19)23(29)24(34-26)25(31)28-12-16-9-17(13-28)11-18(10-16)14-28/h4-8,16-18,21,30H,3,9-14,29H2,1-2H3. The van der Waals surface area contributed by atoms with Gasteiger partial charge in [-0.1, -0.05) is 30.3 Å². The van der Waals surface area contributed by atoms with Crippen LogP contribution < -0.4 is 11.1 Å². The van der Waals surface area contributed by atoms with Crippen molar-refractivity contribution in [2.45, 2.75) is 58.3 Å². The number of nitrogens with two attached hydrogens (primary N) is 1. The first-order chi connectivity index (χ1) is 16.4. The third-order valence-electron chi connectivity index (χ3n) is 8.62. The molecule has 1 aromatic heterocycles. The largest absolute Gasteiger partial charge is 0.463 e. The summed E-state index contributed by atoms with van der Waals surface area (Å²) in [5, 5.41) is 4.28. The van der Waals surface area contributed by atoms with E-state index in [0.29, 0.717) is 40.5 Å². The Labute approximate surface area is 204 Å². The van der Waals surface area contributed by atoms with E-state index in [4.69, 9.17) is 10.5 Å². The molecule has 4 aliphatic carbocycles. The molecule has 4 saturated carbocycles. The van der Waals surface area contributed by atoms with Crippen LogP contribution in [0.25, 0.3) is 0 Å². The van der Waals surface area contributed by atoms with Gasteiger partial charge in [0.25, 0.3) is 0 Å². The highest BCUT2D eigenvalue weighted by Crippen LogP contribution is 2.62. The number of carbonyl (C=O) groups is 2. The van der Waals surface area contributed by atoms with Gasteiger partial charge in [0.2, 0.25) is 0 Å². The van der Waals surface area contributed by atoms with Crippen LogP contribution >= 0.6 is 11.3 Å². The van der Waals surface area contributed by atoms with E-state index in [1.54, 1.807) is 0 Å². The van der Waals surface area contributed by atoms with E-state index in [0.717, 1.165) is 41.1 Å². The number of ether oxygens (including phenoxy) is 1. The first-order valence-corrected chi connectivity index (χ1v) is 13.4. The molecule has 2 heterocycles. The third kappa shape index (κ3) is 3.25. The quantitative estimate of drug-likeness (QED) is 0.401. The van der Waals surface area contributed by atoms with Crippen molar-refractivity contribution in [2.75, 3.05) is 17.7 Å². The molecule has 1 aromatic carbocycles. The summed E-state index contributed by atoms with van der Waals surface area (Å²) in [6, 6.07) is 9.94. The lowest BCUT2D eigenvalue weighted by atomic mass is 9.48. The smallest absolute Gasteiger partial charge is 0.336 e. The second kappa shape index (κ2) is 7.98. The number of thiophene rings is 1. The van der Waals surface area contributed by atoms with Crippen molar-refractivity contribution in [2.24, 2.45) is 23.2 Å². The number of allylic oxidation sites excluding steroid dienone is 1. The van der Waals surface area contributed by atoms with Gasteiger partial charge in [0.1, 0.15) is 0 Å². The third-order valence-corrected chi connectivity index (χ3v) is 9.76. The van der Waals surface area contributed by atoms with Crippen LogP contribution in [-0.4, -0.2) is 18.4 Å².